The second-order valence-corrected chi connectivity index (χ2v) is 5.31. The van der Waals surface area contributed by atoms with Gasteiger partial charge in [-0.05, 0) is 18.8 Å². The second-order valence-electron chi connectivity index (χ2n) is 4.02. The molecule has 2 atom stereocenters. The van der Waals surface area contributed by atoms with E-state index in [1.54, 1.807) is 0 Å². The number of aliphatic imine (C=N–C) groups is 1. The molecule has 0 aromatic rings. The molecule has 5 N–H and O–H groups in total. The third-order valence-corrected chi connectivity index (χ3v) is 3.90. The second kappa shape index (κ2) is 6.00. The van der Waals surface area contributed by atoms with E-state index in [9.17, 15) is 0 Å². The molecular weight excluding hydrogens is 208 g/mol. The van der Waals surface area contributed by atoms with Crippen LogP contribution in [0.2, 0.25) is 0 Å². The van der Waals surface area contributed by atoms with Crippen LogP contribution < -0.4 is 11.5 Å². The van der Waals surface area contributed by atoms with Gasteiger partial charge >= 0.3 is 0 Å². The molecule has 1 aliphatic rings. The van der Waals surface area contributed by atoms with Gasteiger partial charge in [-0.2, -0.15) is 4.99 Å². The lowest BCUT2D eigenvalue weighted by atomic mass is 9.87. The lowest BCUT2D eigenvalue weighted by Crippen LogP contribution is -2.24. The Bertz CT molecular complexity index is 248. The number of amidine groups is 1. The zero-order valence-corrected chi connectivity index (χ0v) is 10.0. The molecule has 2 unspecified atom stereocenters. The summed E-state index contributed by atoms with van der Waals surface area (Å²) < 4.78 is 0. The van der Waals surface area contributed by atoms with Crippen LogP contribution in [0.3, 0.4) is 0 Å². The quantitative estimate of drug-likeness (QED) is 0.498. The highest BCUT2D eigenvalue weighted by molar-refractivity contribution is 8.14. The minimum Gasteiger partial charge on any atom is -0.370 e. The van der Waals surface area contributed by atoms with Crippen molar-refractivity contribution in [1.82, 2.24) is 0 Å². The first-order valence-corrected chi connectivity index (χ1v) is 6.34. The third-order valence-electron chi connectivity index (χ3n) is 2.82. The Morgan fingerprint density at radius 1 is 1.47 bits per heavy atom. The Hall–Kier alpha value is -0.710. The van der Waals surface area contributed by atoms with Crippen LogP contribution in [0.4, 0.5) is 0 Å². The van der Waals surface area contributed by atoms with Crippen molar-refractivity contribution in [3.05, 3.63) is 0 Å². The number of thioether (sulfide) groups is 1. The normalized spacial score (nSPS) is 25.9. The molecule has 4 nitrogen and oxygen atoms in total. The van der Waals surface area contributed by atoms with Crippen LogP contribution in [-0.4, -0.2) is 16.4 Å². The van der Waals surface area contributed by atoms with Gasteiger partial charge in [-0.15, -0.1) is 0 Å². The molecule has 0 aromatic heterocycles. The van der Waals surface area contributed by atoms with Gasteiger partial charge in [0.1, 0.15) is 0 Å². The number of guanidine groups is 1. The highest BCUT2D eigenvalue weighted by Crippen LogP contribution is 2.34. The van der Waals surface area contributed by atoms with E-state index in [0.29, 0.717) is 5.25 Å². The zero-order valence-electron chi connectivity index (χ0n) is 9.20. The molecule has 1 rings (SSSR count). The van der Waals surface area contributed by atoms with E-state index in [-0.39, 0.29) is 11.1 Å². The number of hydrogen-bond donors (Lipinski definition) is 3. The molecular formula is C10H20N4S. The van der Waals surface area contributed by atoms with E-state index in [1.807, 2.05) is 0 Å². The molecule has 0 spiro atoms. The van der Waals surface area contributed by atoms with Gasteiger partial charge in [0.05, 0.1) is 0 Å². The average Bonchev–Trinajstić information content (AvgIpc) is 2.16. The predicted octanol–water partition coefficient (Wildman–Crippen LogP) is 1.90. The topological polar surface area (TPSA) is 88.2 Å². The maximum atomic E-state index is 7.59. The first-order chi connectivity index (χ1) is 7.11. The first-order valence-electron chi connectivity index (χ1n) is 5.46. The van der Waals surface area contributed by atoms with Crippen molar-refractivity contribution in [2.45, 2.75) is 44.3 Å². The van der Waals surface area contributed by atoms with Crippen LogP contribution in [0.25, 0.3) is 0 Å². The summed E-state index contributed by atoms with van der Waals surface area (Å²) in [5.41, 5.74) is 10.5. The van der Waals surface area contributed by atoms with Crippen LogP contribution in [0.15, 0.2) is 4.99 Å². The molecule has 5 heteroatoms. The van der Waals surface area contributed by atoms with Gasteiger partial charge in [-0.1, -0.05) is 37.9 Å². The molecule has 86 valence electrons. The monoisotopic (exact) mass is 228 g/mol. The lowest BCUT2D eigenvalue weighted by Gasteiger charge is -2.27. The van der Waals surface area contributed by atoms with Crippen molar-refractivity contribution in [2.75, 3.05) is 0 Å². The first kappa shape index (κ1) is 12.4. The van der Waals surface area contributed by atoms with Crippen LogP contribution in [-0.2, 0) is 0 Å². The largest absolute Gasteiger partial charge is 0.370 e. The van der Waals surface area contributed by atoms with Gasteiger partial charge in [-0.3, -0.25) is 5.41 Å². The molecule has 1 saturated carbocycles. The molecule has 0 heterocycles. The fraction of sp³-hybridized carbons (Fsp3) is 0.800. The molecule has 0 saturated heterocycles. The van der Waals surface area contributed by atoms with Gasteiger partial charge in [0, 0.05) is 5.25 Å². The molecule has 0 aromatic carbocycles. The summed E-state index contributed by atoms with van der Waals surface area (Å²) in [6, 6.07) is 0. The van der Waals surface area contributed by atoms with Crippen LogP contribution in [0.1, 0.15) is 39.0 Å². The summed E-state index contributed by atoms with van der Waals surface area (Å²) in [6.45, 7) is 2.24. The fourth-order valence-corrected chi connectivity index (χ4v) is 3.15. The number of nitrogens with one attached hydrogen (secondary N) is 1. The minimum atomic E-state index is -0.0182. The van der Waals surface area contributed by atoms with Crippen LogP contribution in [0, 0.1) is 11.3 Å². The Labute approximate surface area is 95.4 Å². The maximum absolute atomic E-state index is 7.59. The Morgan fingerprint density at radius 3 is 2.80 bits per heavy atom. The van der Waals surface area contributed by atoms with Gasteiger partial charge in [0.25, 0.3) is 0 Å². The predicted molar refractivity (Wildman–Crippen MR) is 67.2 cm³/mol. The summed E-state index contributed by atoms with van der Waals surface area (Å²) in [4.78, 5) is 3.74. The number of nitrogens with two attached hydrogens (primary N) is 2. The number of nitrogens with zero attached hydrogens (tertiary/aromatic N) is 1. The maximum Gasteiger partial charge on any atom is 0.193 e. The van der Waals surface area contributed by atoms with E-state index in [2.05, 4.69) is 11.9 Å². The molecule has 0 aliphatic heterocycles. The van der Waals surface area contributed by atoms with E-state index in [0.717, 1.165) is 5.92 Å². The standard InChI is InChI=1S/C10H20N4S/c1-2-7-4-3-5-8(6-7)15-10(13)14-9(11)12/h7-8H,2-6H2,1H3,(H5,11,12,13,14). The number of rotatable bonds is 2. The highest BCUT2D eigenvalue weighted by atomic mass is 32.2. The molecule has 15 heavy (non-hydrogen) atoms. The van der Waals surface area contributed by atoms with Gasteiger partial charge < -0.3 is 11.5 Å². The van der Waals surface area contributed by atoms with Crippen molar-refractivity contribution in [2.24, 2.45) is 22.4 Å². The van der Waals surface area contributed by atoms with Gasteiger partial charge in [-0.25, -0.2) is 0 Å². The van der Waals surface area contributed by atoms with E-state index in [4.69, 9.17) is 16.9 Å². The van der Waals surface area contributed by atoms with Crippen molar-refractivity contribution in [3.8, 4) is 0 Å². The summed E-state index contributed by atoms with van der Waals surface area (Å²) >= 11 is 1.50. The Balaban J connectivity index is 2.38. The van der Waals surface area contributed by atoms with Crippen LogP contribution in [0.5, 0.6) is 0 Å². The number of hydrogen-bond acceptors (Lipinski definition) is 2. The van der Waals surface area contributed by atoms with Crippen molar-refractivity contribution in [1.29, 1.82) is 5.41 Å². The minimum absolute atomic E-state index is 0.0182. The third kappa shape index (κ3) is 4.55. The van der Waals surface area contributed by atoms with Gasteiger partial charge in [0.2, 0.25) is 0 Å². The van der Waals surface area contributed by atoms with E-state index < -0.39 is 0 Å². The van der Waals surface area contributed by atoms with Crippen LogP contribution >= 0.6 is 11.8 Å². The van der Waals surface area contributed by atoms with E-state index >= 15 is 0 Å². The average molecular weight is 228 g/mol. The smallest absolute Gasteiger partial charge is 0.193 e. The Morgan fingerprint density at radius 2 is 2.20 bits per heavy atom. The molecule has 0 amide bonds. The lowest BCUT2D eigenvalue weighted by molar-refractivity contribution is 0.358. The SMILES string of the molecule is CCC1CCCC(SC(=N)N=C(N)N)C1. The van der Waals surface area contributed by atoms with Crippen molar-refractivity contribution >= 4 is 22.9 Å². The molecule has 0 bridgehead atoms. The van der Waals surface area contributed by atoms with Gasteiger partial charge in [0.15, 0.2) is 11.1 Å². The molecule has 1 aliphatic carbocycles. The van der Waals surface area contributed by atoms with E-state index in [1.165, 1.54) is 43.9 Å². The molecule has 0 radical (unpaired) electrons. The summed E-state index contributed by atoms with van der Waals surface area (Å²) in [6.07, 6.45) is 6.23. The van der Waals surface area contributed by atoms with Crippen molar-refractivity contribution in [3.63, 3.8) is 0 Å². The molecule has 1 fully saturated rings. The van der Waals surface area contributed by atoms with Crippen molar-refractivity contribution < 1.29 is 0 Å². The Kier molecular flexibility index (Phi) is 4.94. The zero-order chi connectivity index (χ0) is 11.3. The summed E-state index contributed by atoms with van der Waals surface area (Å²) in [7, 11) is 0. The summed E-state index contributed by atoms with van der Waals surface area (Å²) in [5.74, 6) is 0.804. The highest BCUT2D eigenvalue weighted by Gasteiger charge is 2.22. The summed E-state index contributed by atoms with van der Waals surface area (Å²) in [5, 5.41) is 8.37. The fourth-order valence-electron chi connectivity index (χ4n) is 2.02.